The Morgan fingerprint density at radius 3 is 2.16 bits per heavy atom. The maximum Gasteiger partial charge on any atom is 0.314 e. The summed E-state index contributed by atoms with van der Waals surface area (Å²) in [7, 11) is -3.93. The third kappa shape index (κ3) is 2.74. The van der Waals surface area contributed by atoms with Gasteiger partial charge in [-0.15, -0.1) is 0 Å². The lowest BCUT2D eigenvalue weighted by molar-refractivity contribution is -0.145. The summed E-state index contributed by atoms with van der Waals surface area (Å²) in [6.45, 7) is 1.07. The summed E-state index contributed by atoms with van der Waals surface area (Å²) in [5.41, 5.74) is -0.324. The highest BCUT2D eigenvalue weighted by Gasteiger charge is 2.75. The molecule has 1 saturated carbocycles. The van der Waals surface area contributed by atoms with Crippen LogP contribution in [0.25, 0.3) is 0 Å². The Balaban J connectivity index is 2.10. The molecule has 1 aliphatic rings. The van der Waals surface area contributed by atoms with Crippen LogP contribution in [0.4, 0.5) is 0 Å². The van der Waals surface area contributed by atoms with Gasteiger partial charge in [0.1, 0.15) is 5.41 Å². The molecule has 0 unspecified atom stereocenters. The van der Waals surface area contributed by atoms with Crippen molar-refractivity contribution in [2.24, 2.45) is 5.41 Å². The number of carboxylic acids is 1. The predicted molar refractivity (Wildman–Crippen MR) is 93.5 cm³/mol. The van der Waals surface area contributed by atoms with Crippen LogP contribution in [-0.2, 0) is 14.6 Å². The van der Waals surface area contributed by atoms with Gasteiger partial charge in [-0.3, -0.25) is 4.79 Å². The minimum absolute atomic E-state index is 0.0543. The monoisotopic (exact) mass is 380 g/mol. The fourth-order valence-corrected chi connectivity index (χ4v) is 5.88. The van der Waals surface area contributed by atoms with Crippen LogP contribution in [0.5, 0.6) is 0 Å². The van der Waals surface area contributed by atoms with Gasteiger partial charge in [-0.05, 0) is 36.8 Å². The second kappa shape index (κ2) is 6.12. The minimum Gasteiger partial charge on any atom is -0.481 e. The number of hydrogen-bond acceptors (Lipinski definition) is 4. The number of carboxylic acid groups (broad SMARTS) is 1. The zero-order chi connectivity index (χ0) is 18.4. The molecular weight excluding hydrogens is 364 g/mol. The summed E-state index contributed by atoms with van der Waals surface area (Å²) in [4.78, 5) is 11.9. The standard InChI is InChI=1S/C18H17ClO5S/c1-11-2-8-14(9-3-11)25(23,24)16-15(18(16,10-20)17(21)22)12-4-6-13(19)7-5-12/h2-9,15-16,20H,10H2,1H3,(H,21,22)/t15-,16-,18-/m1/s1. The van der Waals surface area contributed by atoms with Crippen LogP contribution in [0.2, 0.25) is 5.02 Å². The number of hydrogen-bond donors (Lipinski definition) is 2. The molecular formula is C18H17ClO5S. The van der Waals surface area contributed by atoms with Gasteiger partial charge in [0.05, 0.1) is 16.8 Å². The first-order valence-corrected chi connectivity index (χ1v) is 9.58. The highest BCUT2D eigenvalue weighted by Crippen LogP contribution is 2.64. The number of rotatable bonds is 5. The van der Waals surface area contributed by atoms with Gasteiger partial charge in [-0.1, -0.05) is 41.4 Å². The quantitative estimate of drug-likeness (QED) is 0.832. The lowest BCUT2D eigenvalue weighted by Gasteiger charge is -2.09. The molecule has 0 aromatic heterocycles. The molecule has 0 heterocycles. The zero-order valence-electron chi connectivity index (χ0n) is 13.4. The molecule has 1 aliphatic carbocycles. The van der Waals surface area contributed by atoms with Gasteiger partial charge in [-0.25, -0.2) is 8.42 Å². The van der Waals surface area contributed by atoms with E-state index in [4.69, 9.17) is 11.6 Å². The Kier molecular flexibility index (Phi) is 4.39. The first-order valence-electron chi connectivity index (χ1n) is 7.65. The summed E-state index contributed by atoms with van der Waals surface area (Å²) in [5, 5.41) is 18.7. The molecule has 0 radical (unpaired) electrons. The van der Waals surface area contributed by atoms with Crippen molar-refractivity contribution in [3.63, 3.8) is 0 Å². The number of aryl methyl sites for hydroxylation is 1. The van der Waals surface area contributed by atoms with Crippen LogP contribution in [-0.4, -0.2) is 36.5 Å². The van der Waals surface area contributed by atoms with Crippen molar-refractivity contribution in [3.05, 3.63) is 64.7 Å². The van der Waals surface area contributed by atoms with Gasteiger partial charge in [0, 0.05) is 10.9 Å². The highest BCUT2D eigenvalue weighted by atomic mass is 35.5. The van der Waals surface area contributed by atoms with Crippen molar-refractivity contribution >= 4 is 27.4 Å². The van der Waals surface area contributed by atoms with Crippen molar-refractivity contribution in [2.45, 2.75) is 23.0 Å². The van der Waals surface area contributed by atoms with Gasteiger partial charge in [0.25, 0.3) is 0 Å². The first-order chi connectivity index (χ1) is 11.7. The van der Waals surface area contributed by atoms with Crippen LogP contribution < -0.4 is 0 Å². The maximum absolute atomic E-state index is 13.0. The number of aliphatic carboxylic acids is 1. The summed E-state index contributed by atoms with van der Waals surface area (Å²) in [6, 6.07) is 12.6. The van der Waals surface area contributed by atoms with E-state index in [-0.39, 0.29) is 4.90 Å². The third-order valence-corrected chi connectivity index (χ3v) is 7.37. The van der Waals surface area contributed by atoms with Gasteiger partial charge >= 0.3 is 5.97 Å². The molecule has 25 heavy (non-hydrogen) atoms. The summed E-state index contributed by atoms with van der Waals surface area (Å²) in [6.07, 6.45) is 0. The lowest BCUT2D eigenvalue weighted by atomic mass is 10.0. The van der Waals surface area contributed by atoms with Gasteiger partial charge in [-0.2, -0.15) is 0 Å². The Morgan fingerprint density at radius 2 is 1.68 bits per heavy atom. The molecule has 0 aliphatic heterocycles. The molecule has 0 saturated heterocycles. The topological polar surface area (TPSA) is 91.7 Å². The first kappa shape index (κ1) is 17.9. The van der Waals surface area contributed by atoms with Crippen LogP contribution in [0.3, 0.4) is 0 Å². The fraction of sp³-hybridized carbons (Fsp3) is 0.278. The molecule has 0 amide bonds. The van der Waals surface area contributed by atoms with E-state index in [1.165, 1.54) is 12.1 Å². The number of halogens is 1. The van der Waals surface area contributed by atoms with Crippen molar-refractivity contribution in [2.75, 3.05) is 6.61 Å². The summed E-state index contributed by atoms with van der Waals surface area (Å²) in [5.74, 6) is -2.16. The maximum atomic E-state index is 13.0. The summed E-state index contributed by atoms with van der Waals surface area (Å²) < 4.78 is 26.1. The van der Waals surface area contributed by atoms with E-state index in [1.807, 2.05) is 6.92 Å². The zero-order valence-corrected chi connectivity index (χ0v) is 15.0. The number of aliphatic hydroxyl groups is 1. The molecule has 2 aromatic rings. The smallest absolute Gasteiger partial charge is 0.314 e. The Labute approximate surface area is 150 Å². The third-order valence-electron chi connectivity index (χ3n) is 4.83. The van der Waals surface area contributed by atoms with Crippen LogP contribution in [0.1, 0.15) is 17.0 Å². The van der Waals surface area contributed by atoms with Gasteiger partial charge in [0.15, 0.2) is 9.84 Å². The Morgan fingerprint density at radius 1 is 1.12 bits per heavy atom. The van der Waals surface area contributed by atoms with Crippen molar-refractivity contribution in [3.8, 4) is 0 Å². The fourth-order valence-electron chi connectivity index (χ4n) is 3.39. The van der Waals surface area contributed by atoms with Gasteiger partial charge < -0.3 is 10.2 Å². The number of carbonyl (C=O) groups is 1. The summed E-state index contributed by atoms with van der Waals surface area (Å²) >= 11 is 5.86. The van der Waals surface area contributed by atoms with E-state index in [0.717, 1.165) is 5.56 Å². The van der Waals surface area contributed by atoms with Crippen molar-refractivity contribution in [1.29, 1.82) is 0 Å². The van der Waals surface area contributed by atoms with E-state index < -0.39 is 39.0 Å². The largest absolute Gasteiger partial charge is 0.481 e. The SMILES string of the molecule is Cc1ccc(S(=O)(=O)[C@@H]2[C@@H](c3ccc(Cl)cc3)[C@@]2(CO)C(=O)O)cc1. The van der Waals surface area contributed by atoms with Crippen molar-refractivity contribution in [1.82, 2.24) is 0 Å². The molecule has 0 spiro atoms. The Hall–Kier alpha value is -1.89. The van der Waals surface area contributed by atoms with E-state index in [2.05, 4.69) is 0 Å². The van der Waals surface area contributed by atoms with E-state index in [0.29, 0.717) is 10.6 Å². The highest BCUT2D eigenvalue weighted by molar-refractivity contribution is 7.92. The molecule has 1 fully saturated rings. The molecule has 132 valence electrons. The van der Waals surface area contributed by atoms with Gasteiger partial charge in [0.2, 0.25) is 0 Å². The molecule has 0 bridgehead atoms. The van der Waals surface area contributed by atoms with Crippen molar-refractivity contribution < 1.29 is 23.4 Å². The van der Waals surface area contributed by atoms with E-state index >= 15 is 0 Å². The molecule has 7 heteroatoms. The predicted octanol–water partition coefficient (Wildman–Crippen LogP) is 2.65. The number of aliphatic hydroxyl groups excluding tert-OH is 1. The lowest BCUT2D eigenvalue weighted by Crippen LogP contribution is -2.27. The average molecular weight is 381 g/mol. The van der Waals surface area contributed by atoms with Crippen LogP contribution in [0, 0.1) is 12.3 Å². The molecule has 5 nitrogen and oxygen atoms in total. The average Bonchev–Trinajstić information content (AvgIpc) is 3.27. The van der Waals surface area contributed by atoms with Crippen LogP contribution in [0.15, 0.2) is 53.4 Å². The second-order valence-electron chi connectivity index (χ2n) is 6.31. The van der Waals surface area contributed by atoms with E-state index in [9.17, 15) is 23.4 Å². The number of sulfone groups is 1. The normalized spacial score (nSPS) is 25.6. The van der Waals surface area contributed by atoms with E-state index in [1.54, 1.807) is 36.4 Å². The Bertz CT molecular complexity index is 905. The second-order valence-corrected chi connectivity index (χ2v) is 8.82. The molecule has 2 aromatic carbocycles. The minimum atomic E-state index is -3.93. The number of benzene rings is 2. The van der Waals surface area contributed by atoms with Crippen LogP contribution >= 0.6 is 11.6 Å². The molecule has 3 rings (SSSR count). The molecule has 3 atom stereocenters. The molecule has 2 N–H and O–H groups in total.